The fourth-order valence-corrected chi connectivity index (χ4v) is 1.82. The van der Waals surface area contributed by atoms with Gasteiger partial charge in [-0.3, -0.25) is 0 Å². The molecule has 0 unspecified atom stereocenters. The number of nitrogens with one attached hydrogen (secondary N) is 1. The van der Waals surface area contributed by atoms with Crippen LogP contribution in [0.2, 0.25) is 0 Å². The molecule has 0 heterocycles. The van der Waals surface area contributed by atoms with Crippen LogP contribution in [-0.4, -0.2) is 18.3 Å². The predicted molar refractivity (Wildman–Crippen MR) is 62.7 cm³/mol. The normalized spacial score (nSPS) is 17.4. The fourth-order valence-electron chi connectivity index (χ4n) is 1.82. The Hall–Kier alpha value is -1.22. The van der Waals surface area contributed by atoms with Crippen LogP contribution in [0.3, 0.4) is 0 Å². The van der Waals surface area contributed by atoms with E-state index in [1.54, 1.807) is 0 Å². The lowest BCUT2D eigenvalue weighted by Crippen LogP contribution is -2.16. The van der Waals surface area contributed by atoms with Crippen LogP contribution in [0.4, 0.5) is 11.4 Å². The van der Waals surface area contributed by atoms with Crippen molar-refractivity contribution in [1.82, 2.24) is 0 Å². The zero-order valence-electron chi connectivity index (χ0n) is 8.87. The van der Waals surface area contributed by atoms with Gasteiger partial charge in [0.1, 0.15) is 0 Å². The molecule has 1 aromatic carbocycles. The van der Waals surface area contributed by atoms with Gasteiger partial charge in [-0.05, 0) is 48.9 Å². The summed E-state index contributed by atoms with van der Waals surface area (Å²) in [4.78, 5) is 0. The van der Waals surface area contributed by atoms with Crippen molar-refractivity contribution >= 4 is 11.4 Å². The lowest BCUT2D eigenvalue weighted by Gasteiger charge is -2.15. The monoisotopic (exact) mass is 206 g/mol. The zero-order chi connectivity index (χ0) is 10.7. The number of hydrogen-bond donors (Lipinski definition) is 3. The number of aliphatic hydroxyl groups is 1. The Balaban J connectivity index is 1.85. The maximum atomic E-state index is 8.93. The second-order valence-electron chi connectivity index (χ2n) is 4.45. The zero-order valence-corrected chi connectivity index (χ0v) is 8.87. The third-order valence-electron chi connectivity index (χ3n) is 3.18. The number of nitrogens with two attached hydrogens (primary N) is 1. The minimum absolute atomic E-state index is 0.295. The van der Waals surface area contributed by atoms with E-state index < -0.39 is 0 Å². The van der Waals surface area contributed by atoms with Crippen LogP contribution < -0.4 is 11.1 Å². The third kappa shape index (κ3) is 2.63. The second-order valence-corrected chi connectivity index (χ2v) is 4.45. The van der Waals surface area contributed by atoms with Crippen molar-refractivity contribution in [2.75, 3.05) is 24.2 Å². The molecule has 1 fully saturated rings. The molecule has 0 radical (unpaired) electrons. The molecule has 0 spiro atoms. The quantitative estimate of drug-likeness (QED) is 0.644. The summed E-state index contributed by atoms with van der Waals surface area (Å²) < 4.78 is 0. The van der Waals surface area contributed by atoms with E-state index in [2.05, 4.69) is 5.32 Å². The molecule has 0 amide bonds. The fraction of sp³-hybridized carbons (Fsp3) is 0.500. The molecule has 4 N–H and O–H groups in total. The van der Waals surface area contributed by atoms with Crippen LogP contribution in [0.15, 0.2) is 24.3 Å². The van der Waals surface area contributed by atoms with Gasteiger partial charge in [0.25, 0.3) is 0 Å². The second kappa shape index (κ2) is 4.11. The molecule has 1 aromatic rings. The molecular formula is C12H18N2O. The number of anilines is 2. The standard InChI is InChI=1S/C12H18N2O/c13-10-1-3-11(4-2-10)14-9-12(5-6-12)7-8-15/h1-4,14-15H,5-9,13H2. The van der Waals surface area contributed by atoms with E-state index in [9.17, 15) is 0 Å². The summed E-state index contributed by atoms with van der Waals surface area (Å²) in [6, 6.07) is 7.77. The van der Waals surface area contributed by atoms with E-state index in [-0.39, 0.29) is 0 Å². The SMILES string of the molecule is Nc1ccc(NCC2(CCO)CC2)cc1. The molecule has 0 atom stereocenters. The third-order valence-corrected chi connectivity index (χ3v) is 3.18. The number of hydrogen-bond acceptors (Lipinski definition) is 3. The summed E-state index contributed by atoms with van der Waals surface area (Å²) in [5.74, 6) is 0. The van der Waals surface area contributed by atoms with Crippen molar-refractivity contribution < 1.29 is 5.11 Å². The van der Waals surface area contributed by atoms with Crippen molar-refractivity contribution in [3.8, 4) is 0 Å². The summed E-state index contributed by atoms with van der Waals surface area (Å²) >= 11 is 0. The van der Waals surface area contributed by atoms with Crippen molar-refractivity contribution in [3.63, 3.8) is 0 Å². The molecule has 1 aliphatic rings. The summed E-state index contributed by atoms with van der Waals surface area (Å²) in [5, 5.41) is 12.3. The van der Waals surface area contributed by atoms with Gasteiger partial charge in [0.15, 0.2) is 0 Å². The summed E-state index contributed by atoms with van der Waals surface area (Å²) in [5.41, 5.74) is 7.86. The number of benzene rings is 1. The van der Waals surface area contributed by atoms with Gasteiger partial charge in [0.2, 0.25) is 0 Å². The molecule has 15 heavy (non-hydrogen) atoms. The molecule has 0 aliphatic heterocycles. The van der Waals surface area contributed by atoms with Gasteiger partial charge >= 0.3 is 0 Å². The van der Waals surface area contributed by atoms with Gasteiger partial charge < -0.3 is 16.2 Å². The largest absolute Gasteiger partial charge is 0.399 e. The summed E-state index contributed by atoms with van der Waals surface area (Å²) in [6.45, 7) is 1.25. The Morgan fingerprint density at radius 1 is 1.27 bits per heavy atom. The van der Waals surface area contributed by atoms with E-state index in [4.69, 9.17) is 10.8 Å². The van der Waals surface area contributed by atoms with Crippen LogP contribution in [0, 0.1) is 5.41 Å². The number of rotatable bonds is 5. The highest BCUT2D eigenvalue weighted by atomic mass is 16.3. The van der Waals surface area contributed by atoms with Crippen molar-refractivity contribution in [3.05, 3.63) is 24.3 Å². The maximum Gasteiger partial charge on any atom is 0.0436 e. The Morgan fingerprint density at radius 3 is 2.47 bits per heavy atom. The Labute approximate surface area is 90.3 Å². The van der Waals surface area contributed by atoms with Gasteiger partial charge in [-0.25, -0.2) is 0 Å². The van der Waals surface area contributed by atoms with Crippen LogP contribution in [-0.2, 0) is 0 Å². The molecule has 0 saturated heterocycles. The van der Waals surface area contributed by atoms with Gasteiger partial charge in [0.05, 0.1) is 0 Å². The number of nitrogen functional groups attached to an aromatic ring is 1. The van der Waals surface area contributed by atoms with E-state index in [1.165, 1.54) is 12.8 Å². The molecule has 1 aliphatic carbocycles. The first-order valence-corrected chi connectivity index (χ1v) is 5.44. The van der Waals surface area contributed by atoms with E-state index >= 15 is 0 Å². The average molecular weight is 206 g/mol. The summed E-state index contributed by atoms with van der Waals surface area (Å²) in [7, 11) is 0. The first-order valence-electron chi connectivity index (χ1n) is 5.44. The van der Waals surface area contributed by atoms with E-state index in [0.29, 0.717) is 12.0 Å². The molecule has 0 bridgehead atoms. The van der Waals surface area contributed by atoms with Gasteiger partial charge in [-0.15, -0.1) is 0 Å². The van der Waals surface area contributed by atoms with Gasteiger partial charge in [-0.2, -0.15) is 0 Å². The van der Waals surface area contributed by atoms with Crippen LogP contribution >= 0.6 is 0 Å². The Bertz CT molecular complexity index is 317. The maximum absolute atomic E-state index is 8.93. The van der Waals surface area contributed by atoms with Gasteiger partial charge in [-0.1, -0.05) is 0 Å². The highest BCUT2D eigenvalue weighted by molar-refractivity contribution is 5.51. The molecule has 0 aromatic heterocycles. The smallest absolute Gasteiger partial charge is 0.0436 e. The average Bonchev–Trinajstić information content (AvgIpc) is 2.99. The Morgan fingerprint density at radius 2 is 1.93 bits per heavy atom. The predicted octanol–water partition coefficient (Wildman–Crippen LogP) is 1.84. The molecule has 3 nitrogen and oxygen atoms in total. The number of aliphatic hydroxyl groups excluding tert-OH is 1. The van der Waals surface area contributed by atoms with E-state index in [1.807, 2.05) is 24.3 Å². The van der Waals surface area contributed by atoms with Crippen LogP contribution in [0.5, 0.6) is 0 Å². The molecule has 3 heteroatoms. The minimum atomic E-state index is 0.295. The molecule has 82 valence electrons. The van der Waals surface area contributed by atoms with E-state index in [0.717, 1.165) is 24.3 Å². The van der Waals surface area contributed by atoms with Crippen molar-refractivity contribution in [1.29, 1.82) is 0 Å². The summed E-state index contributed by atoms with van der Waals surface area (Å²) in [6.07, 6.45) is 3.38. The topological polar surface area (TPSA) is 58.3 Å². The molecule has 2 rings (SSSR count). The van der Waals surface area contributed by atoms with Gasteiger partial charge in [0, 0.05) is 24.5 Å². The van der Waals surface area contributed by atoms with Crippen molar-refractivity contribution in [2.24, 2.45) is 5.41 Å². The lowest BCUT2D eigenvalue weighted by atomic mass is 10.0. The Kier molecular flexibility index (Phi) is 2.82. The van der Waals surface area contributed by atoms with Crippen LogP contribution in [0.25, 0.3) is 0 Å². The highest BCUT2D eigenvalue weighted by Crippen LogP contribution is 2.48. The van der Waals surface area contributed by atoms with Crippen LogP contribution in [0.1, 0.15) is 19.3 Å². The van der Waals surface area contributed by atoms with Crippen molar-refractivity contribution in [2.45, 2.75) is 19.3 Å². The first kappa shape index (κ1) is 10.3. The highest BCUT2D eigenvalue weighted by Gasteiger charge is 2.41. The molecular weight excluding hydrogens is 188 g/mol. The first-order chi connectivity index (χ1) is 7.24. The molecule has 1 saturated carbocycles. The minimum Gasteiger partial charge on any atom is -0.399 e. The lowest BCUT2D eigenvalue weighted by molar-refractivity contribution is 0.253.